The van der Waals surface area contributed by atoms with Gasteiger partial charge in [0.15, 0.2) is 0 Å². The normalized spacial score (nSPS) is 22.3. The van der Waals surface area contributed by atoms with Gasteiger partial charge in [0.2, 0.25) is 0 Å². The molecule has 2 aromatic heterocycles. The lowest BCUT2D eigenvalue weighted by atomic mass is 9.93. The summed E-state index contributed by atoms with van der Waals surface area (Å²) in [4.78, 5) is 14.2. The van der Waals surface area contributed by atoms with Crippen LogP contribution in [0.15, 0.2) is 21.3 Å². The van der Waals surface area contributed by atoms with E-state index in [4.69, 9.17) is 9.15 Å². The second-order valence-electron chi connectivity index (χ2n) is 7.77. The van der Waals surface area contributed by atoms with E-state index in [9.17, 15) is 4.79 Å². The van der Waals surface area contributed by atoms with Crippen LogP contribution in [0.1, 0.15) is 62.5 Å². The second-order valence-corrected chi connectivity index (χ2v) is 7.77. The Morgan fingerprint density at radius 2 is 2.07 bits per heavy atom. The van der Waals surface area contributed by atoms with Crippen molar-refractivity contribution >= 4 is 0 Å². The van der Waals surface area contributed by atoms with Crippen LogP contribution in [0.5, 0.6) is 0 Å². The van der Waals surface area contributed by atoms with E-state index in [0.29, 0.717) is 12.5 Å². The van der Waals surface area contributed by atoms with Crippen LogP contribution in [-0.2, 0) is 24.2 Å². The Morgan fingerprint density at radius 1 is 1.22 bits per heavy atom. The van der Waals surface area contributed by atoms with Gasteiger partial charge in [0, 0.05) is 19.6 Å². The van der Waals surface area contributed by atoms with Gasteiger partial charge in [-0.25, -0.2) is 9.89 Å². The lowest BCUT2D eigenvalue weighted by Gasteiger charge is -2.31. The predicted molar refractivity (Wildman–Crippen MR) is 101 cm³/mol. The first kappa shape index (κ1) is 18.5. The number of rotatable bonds is 6. The third kappa shape index (κ3) is 4.35. The number of nitrogens with zero attached hydrogens (tertiary/aromatic N) is 3. The monoisotopic (exact) mass is 374 g/mol. The summed E-state index contributed by atoms with van der Waals surface area (Å²) in [5.41, 5.74) is -0.0968. The Labute approximate surface area is 159 Å². The molecule has 2 aliphatic rings. The van der Waals surface area contributed by atoms with E-state index < -0.39 is 0 Å². The van der Waals surface area contributed by atoms with E-state index in [-0.39, 0.29) is 11.8 Å². The molecule has 1 atom stereocenters. The number of nitrogens with one attached hydrogen (secondary N) is 1. The molecule has 2 aliphatic heterocycles. The standard InChI is InChI=1S/C20H30N4O3/c1-2-24-19(21-22-20(24)25)13-15-8-10-23(11-9-15)14-16-6-7-18(27-16)17-5-3-4-12-26-17/h6-7,15,17H,2-5,8-14H2,1H3,(H,22,25)/t17-/m1/s1. The van der Waals surface area contributed by atoms with E-state index in [2.05, 4.69) is 27.2 Å². The van der Waals surface area contributed by atoms with Crippen LogP contribution in [0.4, 0.5) is 0 Å². The Bertz CT molecular complexity index is 779. The highest BCUT2D eigenvalue weighted by Crippen LogP contribution is 2.30. The highest BCUT2D eigenvalue weighted by atomic mass is 16.5. The van der Waals surface area contributed by atoms with E-state index in [0.717, 1.165) is 75.7 Å². The zero-order valence-electron chi connectivity index (χ0n) is 16.2. The highest BCUT2D eigenvalue weighted by Gasteiger charge is 2.24. The van der Waals surface area contributed by atoms with Crippen molar-refractivity contribution in [3.05, 3.63) is 40.0 Å². The van der Waals surface area contributed by atoms with Crippen LogP contribution < -0.4 is 5.69 Å². The molecule has 27 heavy (non-hydrogen) atoms. The summed E-state index contributed by atoms with van der Waals surface area (Å²) >= 11 is 0. The van der Waals surface area contributed by atoms with Crippen molar-refractivity contribution in [3.8, 4) is 0 Å². The number of aromatic amines is 1. The van der Waals surface area contributed by atoms with E-state index >= 15 is 0 Å². The summed E-state index contributed by atoms with van der Waals surface area (Å²) in [7, 11) is 0. The van der Waals surface area contributed by atoms with Gasteiger partial charge in [-0.1, -0.05) is 0 Å². The van der Waals surface area contributed by atoms with Crippen molar-refractivity contribution in [2.45, 2.75) is 64.6 Å². The van der Waals surface area contributed by atoms with Crippen molar-refractivity contribution in [3.63, 3.8) is 0 Å². The molecule has 0 aromatic carbocycles. The smallest absolute Gasteiger partial charge is 0.343 e. The van der Waals surface area contributed by atoms with Gasteiger partial charge in [-0.3, -0.25) is 9.47 Å². The lowest BCUT2D eigenvalue weighted by Crippen LogP contribution is -2.34. The summed E-state index contributed by atoms with van der Waals surface area (Å²) in [5.74, 6) is 3.49. The summed E-state index contributed by atoms with van der Waals surface area (Å²) < 4.78 is 13.6. The molecule has 0 amide bonds. The Balaban J connectivity index is 1.27. The van der Waals surface area contributed by atoms with Crippen molar-refractivity contribution in [2.75, 3.05) is 19.7 Å². The van der Waals surface area contributed by atoms with Gasteiger partial charge in [0.05, 0.1) is 6.54 Å². The molecule has 0 spiro atoms. The topological polar surface area (TPSA) is 76.3 Å². The Hall–Kier alpha value is -1.86. The SMILES string of the molecule is CCn1c(CC2CCN(Cc3ccc([C@H]4CCCCO4)o3)CC2)n[nH]c1=O. The predicted octanol–water partition coefficient (Wildman–Crippen LogP) is 2.88. The fourth-order valence-electron chi connectivity index (χ4n) is 4.28. The first-order valence-electron chi connectivity index (χ1n) is 10.3. The number of H-pyrrole nitrogens is 1. The van der Waals surface area contributed by atoms with Crippen LogP contribution in [0.3, 0.4) is 0 Å². The summed E-state index contributed by atoms with van der Waals surface area (Å²) in [6, 6.07) is 4.18. The van der Waals surface area contributed by atoms with Gasteiger partial charge in [0.25, 0.3) is 0 Å². The molecular weight excluding hydrogens is 344 g/mol. The van der Waals surface area contributed by atoms with Gasteiger partial charge in [0.1, 0.15) is 23.4 Å². The Kier molecular flexibility index (Phi) is 5.78. The minimum absolute atomic E-state index is 0.0968. The minimum Gasteiger partial charge on any atom is -0.462 e. The number of hydrogen-bond donors (Lipinski definition) is 1. The van der Waals surface area contributed by atoms with Crippen LogP contribution in [-0.4, -0.2) is 39.4 Å². The maximum Gasteiger partial charge on any atom is 0.343 e. The highest BCUT2D eigenvalue weighted by molar-refractivity contribution is 5.10. The minimum atomic E-state index is -0.0968. The van der Waals surface area contributed by atoms with Crippen LogP contribution in [0.25, 0.3) is 0 Å². The van der Waals surface area contributed by atoms with Crippen molar-refractivity contribution in [1.29, 1.82) is 0 Å². The molecule has 2 saturated heterocycles. The number of aromatic nitrogens is 3. The molecule has 0 unspecified atom stereocenters. The molecule has 7 nitrogen and oxygen atoms in total. The van der Waals surface area contributed by atoms with Gasteiger partial charge < -0.3 is 9.15 Å². The zero-order chi connectivity index (χ0) is 18.6. The number of likely N-dealkylation sites (tertiary alicyclic amines) is 1. The number of ether oxygens (including phenoxy) is 1. The molecule has 0 saturated carbocycles. The van der Waals surface area contributed by atoms with Gasteiger partial charge in [-0.05, 0) is 70.2 Å². The average molecular weight is 374 g/mol. The maximum atomic E-state index is 11.7. The largest absolute Gasteiger partial charge is 0.462 e. The first-order valence-corrected chi connectivity index (χ1v) is 10.3. The van der Waals surface area contributed by atoms with Crippen LogP contribution >= 0.6 is 0 Å². The number of furan rings is 1. The lowest BCUT2D eigenvalue weighted by molar-refractivity contribution is 0.000725. The Morgan fingerprint density at radius 3 is 2.81 bits per heavy atom. The zero-order valence-corrected chi connectivity index (χ0v) is 16.2. The molecule has 0 aliphatic carbocycles. The molecule has 4 rings (SSSR count). The molecule has 148 valence electrons. The van der Waals surface area contributed by atoms with Crippen LogP contribution in [0.2, 0.25) is 0 Å². The van der Waals surface area contributed by atoms with Gasteiger partial charge >= 0.3 is 5.69 Å². The second kappa shape index (κ2) is 8.44. The van der Waals surface area contributed by atoms with Crippen LogP contribution in [0, 0.1) is 5.92 Å². The van der Waals surface area contributed by atoms with Crippen molar-refractivity contribution in [1.82, 2.24) is 19.7 Å². The van der Waals surface area contributed by atoms with Crippen molar-refractivity contribution < 1.29 is 9.15 Å². The fraction of sp³-hybridized carbons (Fsp3) is 0.700. The van der Waals surface area contributed by atoms with Crippen molar-refractivity contribution in [2.24, 2.45) is 5.92 Å². The molecular formula is C20H30N4O3. The summed E-state index contributed by atoms with van der Waals surface area (Å²) in [6.07, 6.45) is 6.72. The molecule has 0 bridgehead atoms. The van der Waals surface area contributed by atoms with E-state index in [1.165, 1.54) is 6.42 Å². The van der Waals surface area contributed by atoms with Gasteiger partial charge in [-0.15, -0.1) is 0 Å². The summed E-state index contributed by atoms with van der Waals surface area (Å²) in [5, 5.41) is 6.77. The maximum absolute atomic E-state index is 11.7. The molecule has 1 N–H and O–H groups in total. The third-order valence-corrected chi connectivity index (χ3v) is 5.89. The molecule has 4 heterocycles. The average Bonchev–Trinajstić information content (AvgIpc) is 3.30. The number of hydrogen-bond acceptors (Lipinski definition) is 5. The van der Waals surface area contributed by atoms with Gasteiger partial charge in [-0.2, -0.15) is 5.10 Å². The first-order chi connectivity index (χ1) is 13.2. The molecule has 7 heteroatoms. The quantitative estimate of drug-likeness (QED) is 0.841. The number of piperidine rings is 1. The van der Waals surface area contributed by atoms with E-state index in [1.807, 2.05) is 6.92 Å². The fourth-order valence-corrected chi connectivity index (χ4v) is 4.28. The molecule has 0 radical (unpaired) electrons. The third-order valence-electron chi connectivity index (χ3n) is 5.89. The molecule has 2 aromatic rings. The summed E-state index contributed by atoms with van der Waals surface area (Å²) in [6.45, 7) is 6.48. The van der Waals surface area contributed by atoms with E-state index in [1.54, 1.807) is 4.57 Å². The molecule has 2 fully saturated rings.